The third kappa shape index (κ3) is 3.88. The van der Waals surface area contributed by atoms with Crippen LogP contribution in [0.2, 0.25) is 0 Å². The van der Waals surface area contributed by atoms with Crippen molar-refractivity contribution < 1.29 is 14.3 Å². The molecule has 3 aromatic rings. The zero-order chi connectivity index (χ0) is 20.2. The lowest BCUT2D eigenvalue weighted by Crippen LogP contribution is -2.30. The molecule has 2 heterocycles. The SMILES string of the molecule is COc1ccc(-n2cnnc2SCCCCN2C(=O)c3ccccc3C2=O)cc1. The molecule has 0 saturated carbocycles. The summed E-state index contributed by atoms with van der Waals surface area (Å²) in [7, 11) is 1.64. The summed E-state index contributed by atoms with van der Waals surface area (Å²) in [5, 5.41) is 9.00. The zero-order valence-electron chi connectivity index (χ0n) is 15.9. The van der Waals surface area contributed by atoms with E-state index in [2.05, 4.69) is 10.2 Å². The largest absolute Gasteiger partial charge is 0.497 e. The maximum Gasteiger partial charge on any atom is 0.261 e. The molecular formula is C21H20N4O3S. The predicted molar refractivity (Wildman–Crippen MR) is 110 cm³/mol. The molecule has 1 aliphatic heterocycles. The molecule has 7 nitrogen and oxygen atoms in total. The number of imide groups is 1. The first-order valence-electron chi connectivity index (χ1n) is 9.31. The average Bonchev–Trinajstić information content (AvgIpc) is 3.32. The molecule has 0 unspecified atom stereocenters. The number of rotatable bonds is 8. The van der Waals surface area contributed by atoms with Crippen LogP contribution in [0.3, 0.4) is 0 Å². The van der Waals surface area contributed by atoms with Crippen LogP contribution in [-0.4, -0.2) is 50.9 Å². The monoisotopic (exact) mass is 408 g/mol. The Morgan fingerprint density at radius 2 is 1.66 bits per heavy atom. The van der Waals surface area contributed by atoms with Crippen LogP contribution < -0.4 is 4.74 Å². The summed E-state index contributed by atoms with van der Waals surface area (Å²) in [6.07, 6.45) is 3.28. The van der Waals surface area contributed by atoms with Crippen LogP contribution in [0, 0.1) is 0 Å². The maximum absolute atomic E-state index is 12.4. The second kappa shape index (κ2) is 8.48. The van der Waals surface area contributed by atoms with Crippen LogP contribution in [0.5, 0.6) is 5.75 Å². The van der Waals surface area contributed by atoms with Gasteiger partial charge in [0.05, 0.1) is 18.2 Å². The number of hydrogen-bond donors (Lipinski definition) is 0. The van der Waals surface area contributed by atoms with Gasteiger partial charge in [-0.05, 0) is 49.2 Å². The molecule has 1 aliphatic rings. The molecule has 1 aromatic heterocycles. The van der Waals surface area contributed by atoms with Crippen molar-refractivity contribution in [3.05, 3.63) is 66.0 Å². The highest BCUT2D eigenvalue weighted by atomic mass is 32.2. The lowest BCUT2D eigenvalue weighted by Gasteiger charge is -2.13. The molecular weight excluding hydrogens is 388 g/mol. The van der Waals surface area contributed by atoms with Crippen molar-refractivity contribution in [1.82, 2.24) is 19.7 Å². The normalized spacial score (nSPS) is 13.1. The van der Waals surface area contributed by atoms with Crippen molar-refractivity contribution in [2.24, 2.45) is 0 Å². The molecule has 0 bridgehead atoms. The number of amides is 2. The predicted octanol–water partition coefficient (Wildman–Crippen LogP) is 3.44. The fraction of sp³-hybridized carbons (Fsp3) is 0.238. The van der Waals surface area contributed by atoms with Gasteiger partial charge in [-0.15, -0.1) is 10.2 Å². The molecule has 0 N–H and O–H groups in total. The highest BCUT2D eigenvalue weighted by Crippen LogP contribution is 2.24. The van der Waals surface area contributed by atoms with Gasteiger partial charge in [-0.1, -0.05) is 23.9 Å². The first kappa shape index (κ1) is 19.2. The molecule has 148 valence electrons. The van der Waals surface area contributed by atoms with Crippen molar-refractivity contribution >= 4 is 23.6 Å². The minimum atomic E-state index is -0.197. The Bertz CT molecular complexity index is 997. The van der Waals surface area contributed by atoms with E-state index < -0.39 is 0 Å². The molecule has 2 aromatic carbocycles. The minimum absolute atomic E-state index is 0.197. The maximum atomic E-state index is 12.4. The first-order chi connectivity index (χ1) is 14.2. The zero-order valence-corrected chi connectivity index (χ0v) is 16.8. The summed E-state index contributed by atoms with van der Waals surface area (Å²) in [6.45, 7) is 0.429. The number of unbranched alkanes of at least 4 members (excludes halogenated alkanes) is 1. The van der Waals surface area contributed by atoms with Crippen molar-refractivity contribution in [3.63, 3.8) is 0 Å². The number of nitrogens with zero attached hydrogens (tertiary/aromatic N) is 4. The van der Waals surface area contributed by atoms with E-state index in [0.717, 1.165) is 35.2 Å². The molecule has 0 saturated heterocycles. The van der Waals surface area contributed by atoms with E-state index in [-0.39, 0.29) is 11.8 Å². The van der Waals surface area contributed by atoms with E-state index >= 15 is 0 Å². The van der Waals surface area contributed by atoms with Crippen LogP contribution in [-0.2, 0) is 0 Å². The highest BCUT2D eigenvalue weighted by molar-refractivity contribution is 7.99. The summed E-state index contributed by atoms with van der Waals surface area (Å²) in [6, 6.07) is 14.7. The van der Waals surface area contributed by atoms with Gasteiger partial charge in [-0.3, -0.25) is 19.1 Å². The smallest absolute Gasteiger partial charge is 0.261 e. The molecule has 0 atom stereocenters. The number of benzene rings is 2. The van der Waals surface area contributed by atoms with Gasteiger partial charge < -0.3 is 4.74 Å². The minimum Gasteiger partial charge on any atom is -0.497 e. The van der Waals surface area contributed by atoms with Gasteiger partial charge in [0.2, 0.25) is 0 Å². The second-order valence-electron chi connectivity index (χ2n) is 6.54. The number of ether oxygens (including phenoxy) is 1. The Morgan fingerprint density at radius 3 is 2.31 bits per heavy atom. The fourth-order valence-electron chi connectivity index (χ4n) is 3.22. The van der Waals surface area contributed by atoms with Gasteiger partial charge in [-0.25, -0.2) is 0 Å². The Balaban J connectivity index is 1.28. The van der Waals surface area contributed by atoms with Crippen LogP contribution >= 0.6 is 11.8 Å². The number of thioether (sulfide) groups is 1. The van der Waals surface area contributed by atoms with Gasteiger partial charge in [0.25, 0.3) is 11.8 Å². The van der Waals surface area contributed by atoms with Crippen molar-refractivity contribution in [3.8, 4) is 11.4 Å². The first-order valence-corrected chi connectivity index (χ1v) is 10.3. The van der Waals surface area contributed by atoms with Crippen LogP contribution in [0.4, 0.5) is 0 Å². The molecule has 0 radical (unpaired) electrons. The van der Waals surface area contributed by atoms with E-state index in [1.54, 1.807) is 49.5 Å². The Hall–Kier alpha value is -3.13. The third-order valence-corrected chi connectivity index (χ3v) is 5.78. The van der Waals surface area contributed by atoms with Crippen LogP contribution in [0.1, 0.15) is 33.6 Å². The molecule has 2 amide bonds. The van der Waals surface area contributed by atoms with Crippen molar-refractivity contribution in [1.29, 1.82) is 0 Å². The van der Waals surface area contributed by atoms with Gasteiger partial charge in [0, 0.05) is 18.0 Å². The van der Waals surface area contributed by atoms with Gasteiger partial charge >= 0.3 is 0 Å². The lowest BCUT2D eigenvalue weighted by molar-refractivity contribution is 0.0652. The number of methoxy groups -OCH3 is 1. The van der Waals surface area contributed by atoms with Gasteiger partial charge in [0.1, 0.15) is 12.1 Å². The number of carbonyl (C=O) groups excluding carboxylic acids is 2. The number of hydrogen-bond acceptors (Lipinski definition) is 6. The summed E-state index contributed by atoms with van der Waals surface area (Å²) < 4.78 is 7.11. The molecule has 29 heavy (non-hydrogen) atoms. The van der Waals surface area contributed by atoms with Crippen LogP contribution in [0.25, 0.3) is 5.69 Å². The highest BCUT2D eigenvalue weighted by Gasteiger charge is 2.34. The number of fused-ring (bicyclic) bond motifs is 1. The average molecular weight is 408 g/mol. The van der Waals surface area contributed by atoms with E-state index in [1.165, 1.54) is 4.90 Å². The Labute approximate surface area is 172 Å². The third-order valence-electron chi connectivity index (χ3n) is 4.75. The van der Waals surface area contributed by atoms with Crippen molar-refractivity contribution in [2.45, 2.75) is 18.0 Å². The van der Waals surface area contributed by atoms with E-state index in [0.29, 0.717) is 17.7 Å². The fourth-order valence-corrected chi connectivity index (χ4v) is 4.15. The van der Waals surface area contributed by atoms with Gasteiger partial charge in [0.15, 0.2) is 5.16 Å². The Morgan fingerprint density at radius 1 is 0.966 bits per heavy atom. The molecule has 8 heteroatoms. The van der Waals surface area contributed by atoms with Gasteiger partial charge in [-0.2, -0.15) is 0 Å². The van der Waals surface area contributed by atoms with E-state index in [9.17, 15) is 9.59 Å². The molecule has 0 spiro atoms. The van der Waals surface area contributed by atoms with E-state index in [1.807, 2.05) is 28.8 Å². The number of aromatic nitrogens is 3. The van der Waals surface area contributed by atoms with E-state index in [4.69, 9.17) is 4.74 Å². The summed E-state index contributed by atoms with van der Waals surface area (Å²) in [4.78, 5) is 26.1. The van der Waals surface area contributed by atoms with Crippen LogP contribution in [0.15, 0.2) is 60.0 Å². The molecule has 0 aliphatic carbocycles. The second-order valence-corrected chi connectivity index (χ2v) is 7.61. The van der Waals surface area contributed by atoms with Crippen molar-refractivity contribution in [2.75, 3.05) is 19.4 Å². The topological polar surface area (TPSA) is 77.3 Å². The molecule has 0 fully saturated rings. The molecule has 4 rings (SSSR count). The summed E-state index contributed by atoms with van der Waals surface area (Å²) in [5.74, 6) is 1.22. The summed E-state index contributed by atoms with van der Waals surface area (Å²) in [5.41, 5.74) is 1.96. The Kier molecular flexibility index (Phi) is 5.62. The standard InChI is InChI=1S/C21H20N4O3S/c1-28-16-10-8-15(9-11-16)25-14-22-23-21(25)29-13-5-4-12-24-19(26)17-6-2-3-7-18(17)20(24)27/h2-3,6-11,14H,4-5,12-13H2,1H3. The summed E-state index contributed by atoms with van der Waals surface area (Å²) >= 11 is 1.60. The quantitative estimate of drug-likeness (QED) is 0.323. The number of carbonyl (C=O) groups is 2. The lowest BCUT2D eigenvalue weighted by atomic mass is 10.1.